The van der Waals surface area contributed by atoms with Gasteiger partial charge in [-0.25, -0.2) is 14.2 Å². The number of hydrogen-bond acceptors (Lipinski definition) is 2. The van der Waals surface area contributed by atoms with Crippen molar-refractivity contribution in [2.45, 2.75) is 19.9 Å². The second-order valence-corrected chi connectivity index (χ2v) is 5.12. The molecule has 0 saturated carbocycles. The minimum absolute atomic E-state index is 0.217. The maximum Gasteiger partial charge on any atom is 0.405 e. The van der Waals surface area contributed by atoms with E-state index in [1.807, 2.05) is 6.92 Å². The van der Waals surface area contributed by atoms with E-state index in [-0.39, 0.29) is 11.2 Å². The van der Waals surface area contributed by atoms with Crippen LogP contribution in [0.5, 0.6) is 0 Å². The molecule has 21 heavy (non-hydrogen) atoms. The van der Waals surface area contributed by atoms with Crippen LogP contribution in [0, 0.1) is 12.7 Å². The van der Waals surface area contributed by atoms with E-state index >= 15 is 0 Å². The Hall–Kier alpha value is -2.14. The summed E-state index contributed by atoms with van der Waals surface area (Å²) in [5.74, 6) is -0.455. The minimum atomic E-state index is -1.09. The lowest BCUT2D eigenvalue weighted by molar-refractivity contribution is 0.191. The van der Waals surface area contributed by atoms with E-state index in [0.717, 1.165) is 17.3 Å². The fraction of sp³-hybridized carbons (Fsp3) is 0.200. The summed E-state index contributed by atoms with van der Waals surface area (Å²) in [5, 5.41) is 11.4. The van der Waals surface area contributed by atoms with E-state index < -0.39 is 11.9 Å². The first-order valence-corrected chi connectivity index (χ1v) is 6.67. The van der Waals surface area contributed by atoms with E-state index in [1.54, 1.807) is 25.1 Å². The fourth-order valence-electron chi connectivity index (χ4n) is 2.23. The van der Waals surface area contributed by atoms with Crippen molar-refractivity contribution in [1.29, 1.82) is 0 Å². The highest BCUT2D eigenvalue weighted by molar-refractivity contribution is 6.29. The predicted molar refractivity (Wildman–Crippen MR) is 79.0 cm³/mol. The molecule has 0 spiro atoms. The highest BCUT2D eigenvalue weighted by Crippen LogP contribution is 2.28. The third-order valence-electron chi connectivity index (χ3n) is 3.21. The number of carbonyl (C=O) groups is 1. The van der Waals surface area contributed by atoms with Gasteiger partial charge in [-0.2, -0.15) is 0 Å². The smallest absolute Gasteiger partial charge is 0.405 e. The van der Waals surface area contributed by atoms with Crippen LogP contribution in [-0.4, -0.2) is 16.2 Å². The SMILES string of the molecule is Cc1cc(-c2cc(Cl)ncc2F)ccc1[C@@H](C)NC(=O)O. The number of hydrogen-bond donors (Lipinski definition) is 2. The van der Waals surface area contributed by atoms with Gasteiger partial charge in [0.15, 0.2) is 0 Å². The molecule has 1 amide bonds. The molecule has 2 rings (SSSR count). The quantitative estimate of drug-likeness (QED) is 0.836. The molecular formula is C15H14ClFN2O2. The number of nitrogens with zero attached hydrogens (tertiary/aromatic N) is 1. The molecule has 1 heterocycles. The molecule has 4 nitrogen and oxygen atoms in total. The van der Waals surface area contributed by atoms with Gasteiger partial charge in [0.1, 0.15) is 11.0 Å². The second kappa shape index (κ2) is 6.10. The van der Waals surface area contributed by atoms with Gasteiger partial charge in [0, 0.05) is 5.56 Å². The molecule has 0 aliphatic carbocycles. The van der Waals surface area contributed by atoms with Crippen molar-refractivity contribution < 1.29 is 14.3 Å². The molecule has 0 aliphatic heterocycles. The zero-order valence-electron chi connectivity index (χ0n) is 11.5. The summed E-state index contributed by atoms with van der Waals surface area (Å²) in [6.45, 7) is 3.60. The van der Waals surface area contributed by atoms with Gasteiger partial charge < -0.3 is 10.4 Å². The van der Waals surface area contributed by atoms with Crippen LogP contribution >= 0.6 is 11.6 Å². The van der Waals surface area contributed by atoms with Crippen LogP contribution in [0.4, 0.5) is 9.18 Å². The summed E-state index contributed by atoms with van der Waals surface area (Å²) in [5.41, 5.74) is 2.73. The van der Waals surface area contributed by atoms with Crippen molar-refractivity contribution in [2.75, 3.05) is 0 Å². The number of amides is 1. The molecule has 6 heteroatoms. The van der Waals surface area contributed by atoms with Crippen LogP contribution in [-0.2, 0) is 0 Å². The Kier molecular flexibility index (Phi) is 4.43. The summed E-state index contributed by atoms with van der Waals surface area (Å²) in [7, 11) is 0. The maximum atomic E-state index is 13.8. The van der Waals surface area contributed by atoms with Crippen molar-refractivity contribution in [3.63, 3.8) is 0 Å². The monoisotopic (exact) mass is 308 g/mol. The highest BCUT2D eigenvalue weighted by Gasteiger charge is 2.13. The molecule has 0 aliphatic rings. The number of nitrogens with one attached hydrogen (secondary N) is 1. The lowest BCUT2D eigenvalue weighted by Gasteiger charge is -2.16. The van der Waals surface area contributed by atoms with Gasteiger partial charge in [0.05, 0.1) is 12.2 Å². The molecule has 1 aromatic carbocycles. The Morgan fingerprint density at radius 2 is 2.14 bits per heavy atom. The number of aromatic nitrogens is 1. The average Bonchev–Trinajstić information content (AvgIpc) is 2.40. The van der Waals surface area contributed by atoms with Gasteiger partial charge in [-0.3, -0.25) is 0 Å². The van der Waals surface area contributed by atoms with Crippen molar-refractivity contribution >= 4 is 17.7 Å². The normalized spacial score (nSPS) is 12.0. The molecular weight excluding hydrogens is 295 g/mol. The molecule has 0 radical (unpaired) electrons. The van der Waals surface area contributed by atoms with Crippen LogP contribution in [0.2, 0.25) is 5.15 Å². The summed E-state index contributed by atoms with van der Waals surface area (Å²) in [6.07, 6.45) is -0.00636. The van der Waals surface area contributed by atoms with Crippen LogP contribution < -0.4 is 5.32 Å². The third-order valence-corrected chi connectivity index (χ3v) is 3.42. The van der Waals surface area contributed by atoms with Gasteiger partial charge >= 0.3 is 6.09 Å². The molecule has 0 bridgehead atoms. The lowest BCUT2D eigenvalue weighted by Crippen LogP contribution is -2.24. The highest BCUT2D eigenvalue weighted by atomic mass is 35.5. The number of pyridine rings is 1. The first kappa shape index (κ1) is 15.3. The summed E-state index contributed by atoms with van der Waals surface area (Å²) < 4.78 is 13.8. The van der Waals surface area contributed by atoms with Crippen LogP contribution in [0.1, 0.15) is 24.1 Å². The average molecular weight is 309 g/mol. The molecule has 110 valence electrons. The van der Waals surface area contributed by atoms with E-state index in [4.69, 9.17) is 16.7 Å². The van der Waals surface area contributed by atoms with Crippen LogP contribution in [0.3, 0.4) is 0 Å². The van der Waals surface area contributed by atoms with E-state index in [9.17, 15) is 9.18 Å². The Labute approximate surface area is 126 Å². The molecule has 2 N–H and O–H groups in total. The first-order chi connectivity index (χ1) is 9.88. The molecule has 1 aromatic heterocycles. The number of carboxylic acid groups (broad SMARTS) is 1. The Bertz CT molecular complexity index is 691. The van der Waals surface area contributed by atoms with Crippen molar-refractivity contribution in [3.05, 3.63) is 52.6 Å². The van der Waals surface area contributed by atoms with E-state index in [2.05, 4.69) is 10.3 Å². The van der Waals surface area contributed by atoms with E-state index in [1.165, 1.54) is 6.07 Å². The van der Waals surface area contributed by atoms with Crippen molar-refractivity contribution in [3.8, 4) is 11.1 Å². The zero-order chi connectivity index (χ0) is 15.6. The largest absolute Gasteiger partial charge is 0.465 e. The second-order valence-electron chi connectivity index (χ2n) is 4.73. The number of rotatable bonds is 3. The number of aryl methyl sites for hydroxylation is 1. The Morgan fingerprint density at radius 3 is 2.76 bits per heavy atom. The van der Waals surface area contributed by atoms with Gasteiger partial charge in [0.25, 0.3) is 0 Å². The minimum Gasteiger partial charge on any atom is -0.465 e. The topological polar surface area (TPSA) is 62.2 Å². The molecule has 0 fully saturated rings. The lowest BCUT2D eigenvalue weighted by atomic mass is 9.97. The van der Waals surface area contributed by atoms with E-state index in [0.29, 0.717) is 11.1 Å². The summed E-state index contributed by atoms with van der Waals surface area (Å²) in [6, 6.07) is 6.42. The van der Waals surface area contributed by atoms with Crippen LogP contribution in [0.25, 0.3) is 11.1 Å². The zero-order valence-corrected chi connectivity index (χ0v) is 12.3. The molecule has 0 unspecified atom stereocenters. The summed E-state index contributed by atoms with van der Waals surface area (Å²) >= 11 is 5.79. The molecule has 2 aromatic rings. The fourth-order valence-corrected chi connectivity index (χ4v) is 2.38. The van der Waals surface area contributed by atoms with Gasteiger partial charge in [-0.15, -0.1) is 0 Å². The van der Waals surface area contributed by atoms with Gasteiger partial charge in [-0.1, -0.05) is 29.8 Å². The van der Waals surface area contributed by atoms with Crippen molar-refractivity contribution in [1.82, 2.24) is 10.3 Å². The van der Waals surface area contributed by atoms with Gasteiger partial charge in [0.2, 0.25) is 0 Å². The van der Waals surface area contributed by atoms with Gasteiger partial charge in [-0.05, 0) is 36.6 Å². The van der Waals surface area contributed by atoms with Crippen LogP contribution in [0.15, 0.2) is 30.5 Å². The Balaban J connectivity index is 2.39. The predicted octanol–water partition coefficient (Wildman–Crippen LogP) is 4.18. The maximum absolute atomic E-state index is 13.8. The Morgan fingerprint density at radius 1 is 1.43 bits per heavy atom. The summed E-state index contributed by atoms with van der Waals surface area (Å²) in [4.78, 5) is 14.4. The first-order valence-electron chi connectivity index (χ1n) is 6.30. The molecule has 0 saturated heterocycles. The number of halogens is 2. The van der Waals surface area contributed by atoms with Crippen molar-refractivity contribution in [2.24, 2.45) is 0 Å². The number of benzene rings is 1. The third kappa shape index (κ3) is 3.49. The standard InChI is InChI=1S/C15H14ClFN2O2/c1-8-5-10(12-6-14(16)18-7-13(12)17)3-4-11(8)9(2)19-15(20)21/h3-7,9,19H,1-2H3,(H,20,21)/t9-/m1/s1. The molecule has 1 atom stereocenters.